The number of carboxylic acid groups (broad SMARTS) is 2. The van der Waals surface area contributed by atoms with Gasteiger partial charge in [-0.25, -0.2) is 9.59 Å². The summed E-state index contributed by atoms with van der Waals surface area (Å²) in [5.41, 5.74) is 0.250. The Hall–Kier alpha value is -3.58. The van der Waals surface area contributed by atoms with Crippen LogP contribution in [0.15, 0.2) is 36.4 Å². The minimum Gasteiger partial charge on any atom is -0.872 e. The fourth-order valence-corrected chi connectivity index (χ4v) is 4.89. The number of aromatic carboxylic acids is 2. The molecule has 42 heavy (non-hydrogen) atoms. The molecule has 2 atom stereocenters. The van der Waals surface area contributed by atoms with E-state index in [1.165, 1.54) is 12.8 Å². The summed E-state index contributed by atoms with van der Waals surface area (Å²) in [5.74, 6) is -4.12. The van der Waals surface area contributed by atoms with Gasteiger partial charge in [0.15, 0.2) is 0 Å². The summed E-state index contributed by atoms with van der Waals surface area (Å²) >= 11 is 0. The van der Waals surface area contributed by atoms with E-state index in [2.05, 4.69) is 62.8 Å². The van der Waals surface area contributed by atoms with Crippen molar-refractivity contribution in [1.82, 2.24) is 10.6 Å². The van der Waals surface area contributed by atoms with E-state index in [1.54, 1.807) is 0 Å². The quantitative estimate of drug-likeness (QED) is 0.229. The number of quaternary nitrogens is 2. The first kappa shape index (κ1) is 36.4. The molecule has 10 N–H and O–H groups in total. The Balaban J connectivity index is 0.000000340. The second-order valence-electron chi connectivity index (χ2n) is 12.1. The van der Waals surface area contributed by atoms with Gasteiger partial charge in [0.2, 0.25) is 0 Å². The van der Waals surface area contributed by atoms with Gasteiger partial charge in [-0.3, -0.25) is 0 Å². The SMILES string of the molecule is C[C@@H]1CC(C)(C)[NH2+]CCN[C@@H](C)CC(C)(C)[NH2+]CCN1.O=C(O)c1cc([O-])cc(O)c1.O=C(O)c1cc([O-])cc(O)c1. The molecule has 0 spiro atoms. The van der Waals surface area contributed by atoms with Crippen molar-refractivity contribution < 1.29 is 50.9 Å². The molecule has 0 aromatic heterocycles. The van der Waals surface area contributed by atoms with Crippen molar-refractivity contribution in [3.63, 3.8) is 0 Å². The van der Waals surface area contributed by atoms with Gasteiger partial charge in [-0.05, 0) is 65.8 Å². The molecule has 1 aliphatic rings. The molecule has 236 valence electrons. The average molecular weight is 593 g/mol. The van der Waals surface area contributed by atoms with Crippen LogP contribution in [0.2, 0.25) is 0 Å². The van der Waals surface area contributed by atoms with Gasteiger partial charge in [0.25, 0.3) is 0 Å². The number of nitrogens with two attached hydrogens (primary N) is 2. The molecule has 2 aromatic rings. The van der Waals surface area contributed by atoms with Crippen LogP contribution in [-0.4, -0.2) is 81.7 Å². The lowest BCUT2D eigenvalue weighted by atomic mass is 9.94. The maximum Gasteiger partial charge on any atom is 0.335 e. The Kier molecular flexibility index (Phi) is 14.5. The van der Waals surface area contributed by atoms with E-state index in [9.17, 15) is 19.8 Å². The van der Waals surface area contributed by atoms with Gasteiger partial charge >= 0.3 is 11.9 Å². The normalized spacial score (nSPS) is 20.8. The van der Waals surface area contributed by atoms with Crippen LogP contribution in [0.4, 0.5) is 0 Å². The predicted octanol–water partition coefficient (Wildman–Crippen LogP) is -0.252. The third kappa shape index (κ3) is 15.4. The molecule has 1 fully saturated rings. The lowest BCUT2D eigenvalue weighted by Gasteiger charge is -2.30. The highest BCUT2D eigenvalue weighted by molar-refractivity contribution is 5.89. The predicted molar refractivity (Wildman–Crippen MR) is 155 cm³/mol. The van der Waals surface area contributed by atoms with Crippen molar-refractivity contribution in [1.29, 1.82) is 0 Å². The Morgan fingerprint density at radius 1 is 0.714 bits per heavy atom. The molecule has 12 heteroatoms. The van der Waals surface area contributed by atoms with Gasteiger partial charge < -0.3 is 51.9 Å². The molecule has 3 rings (SSSR count). The summed E-state index contributed by atoms with van der Waals surface area (Å²) < 4.78 is 0. The number of phenolic OH excluding ortho intramolecular Hbond substituents is 2. The van der Waals surface area contributed by atoms with E-state index >= 15 is 0 Å². The van der Waals surface area contributed by atoms with Crippen molar-refractivity contribution in [2.75, 3.05) is 26.2 Å². The second kappa shape index (κ2) is 16.8. The number of carboxylic acids is 2. The Morgan fingerprint density at radius 3 is 1.33 bits per heavy atom. The summed E-state index contributed by atoms with van der Waals surface area (Å²) in [6, 6.07) is 7.01. The summed E-state index contributed by atoms with van der Waals surface area (Å²) in [5, 5.41) is 67.8. The number of rotatable bonds is 2. The van der Waals surface area contributed by atoms with Gasteiger partial charge in [-0.15, -0.1) is 11.5 Å². The number of carbonyl (C=O) groups is 2. The molecule has 0 aliphatic carbocycles. The van der Waals surface area contributed by atoms with Crippen LogP contribution in [0.25, 0.3) is 0 Å². The molecule has 2 aromatic carbocycles. The van der Waals surface area contributed by atoms with Crippen LogP contribution < -0.4 is 31.5 Å². The molecule has 1 heterocycles. The minimum absolute atomic E-state index is 0.199. The third-order valence-electron chi connectivity index (χ3n) is 6.61. The van der Waals surface area contributed by atoms with Crippen LogP contribution in [-0.2, 0) is 0 Å². The molecular formula is C30H48N4O8. The fourth-order valence-electron chi connectivity index (χ4n) is 4.89. The van der Waals surface area contributed by atoms with Crippen LogP contribution in [0.5, 0.6) is 23.0 Å². The molecule has 0 amide bonds. The number of benzene rings is 2. The van der Waals surface area contributed by atoms with Crippen molar-refractivity contribution in [3.8, 4) is 23.0 Å². The minimum atomic E-state index is -1.22. The molecular weight excluding hydrogens is 544 g/mol. The smallest absolute Gasteiger partial charge is 0.335 e. The molecule has 0 radical (unpaired) electrons. The second-order valence-corrected chi connectivity index (χ2v) is 12.1. The van der Waals surface area contributed by atoms with E-state index < -0.39 is 23.4 Å². The molecule has 0 saturated carbocycles. The molecule has 0 unspecified atom stereocenters. The van der Waals surface area contributed by atoms with Gasteiger partial charge in [0.05, 0.1) is 35.3 Å². The first-order chi connectivity index (χ1) is 19.4. The molecule has 0 bridgehead atoms. The van der Waals surface area contributed by atoms with Crippen molar-refractivity contribution in [2.24, 2.45) is 0 Å². The number of nitrogens with one attached hydrogen (secondary N) is 2. The van der Waals surface area contributed by atoms with Crippen molar-refractivity contribution in [2.45, 2.75) is 77.5 Å². The molecule has 1 aliphatic heterocycles. The first-order valence-corrected chi connectivity index (χ1v) is 14.0. The molecule has 12 nitrogen and oxygen atoms in total. The zero-order valence-corrected chi connectivity index (χ0v) is 25.4. The third-order valence-corrected chi connectivity index (χ3v) is 6.61. The zero-order valence-electron chi connectivity index (χ0n) is 25.4. The van der Waals surface area contributed by atoms with Gasteiger partial charge in [0.1, 0.15) is 11.5 Å². The standard InChI is InChI=1S/C16H36N4.2C7H6O4/c1-13-11-15(3,4)19-10-8-18-14(2)12-16(5,6)20-9-7-17-13;2*8-5-1-4(7(10)11)2-6(9)3-5/h13-14,17-20H,7-12H2,1-6H3;2*1-3,8-9H,(H,10,11)/t13-,14+;;. The van der Waals surface area contributed by atoms with E-state index in [4.69, 9.17) is 20.4 Å². The fraction of sp³-hybridized carbons (Fsp3) is 0.533. The van der Waals surface area contributed by atoms with Gasteiger partial charge in [-0.2, -0.15) is 0 Å². The number of hydrogen-bond acceptors (Lipinski definition) is 8. The number of hydrogen-bond donors (Lipinski definition) is 8. The van der Waals surface area contributed by atoms with Gasteiger partial charge in [-0.1, -0.05) is 12.1 Å². The first-order valence-electron chi connectivity index (χ1n) is 14.0. The zero-order chi connectivity index (χ0) is 32.1. The number of aromatic hydroxyl groups is 2. The van der Waals surface area contributed by atoms with E-state index in [0.29, 0.717) is 23.2 Å². The highest BCUT2D eigenvalue weighted by Crippen LogP contribution is 2.18. The lowest BCUT2D eigenvalue weighted by Crippen LogP contribution is -2.97. The van der Waals surface area contributed by atoms with Crippen molar-refractivity contribution in [3.05, 3.63) is 47.5 Å². The number of phenols is 2. The Labute approximate surface area is 247 Å². The highest BCUT2D eigenvalue weighted by atomic mass is 16.4. The Bertz CT molecular complexity index is 1030. The average Bonchev–Trinajstić information content (AvgIpc) is 2.83. The summed E-state index contributed by atoms with van der Waals surface area (Å²) in [6.45, 7) is 18.6. The largest absolute Gasteiger partial charge is 0.872 e. The summed E-state index contributed by atoms with van der Waals surface area (Å²) in [6.07, 6.45) is 2.43. The highest BCUT2D eigenvalue weighted by Gasteiger charge is 2.26. The van der Waals surface area contributed by atoms with Crippen LogP contribution >= 0.6 is 0 Å². The summed E-state index contributed by atoms with van der Waals surface area (Å²) in [4.78, 5) is 20.5. The van der Waals surface area contributed by atoms with Crippen LogP contribution in [0, 0.1) is 0 Å². The topological polar surface area (TPSA) is 218 Å². The van der Waals surface area contributed by atoms with E-state index in [-0.39, 0.29) is 22.6 Å². The summed E-state index contributed by atoms with van der Waals surface area (Å²) in [7, 11) is 0. The van der Waals surface area contributed by atoms with Crippen molar-refractivity contribution >= 4 is 11.9 Å². The van der Waals surface area contributed by atoms with Crippen LogP contribution in [0.1, 0.15) is 75.1 Å². The van der Waals surface area contributed by atoms with Crippen LogP contribution in [0.3, 0.4) is 0 Å². The van der Waals surface area contributed by atoms with E-state index in [1.807, 2.05) is 0 Å². The van der Waals surface area contributed by atoms with E-state index in [0.717, 1.165) is 62.6 Å². The maximum atomic E-state index is 10.6. The Morgan fingerprint density at radius 2 is 1.05 bits per heavy atom. The molecule has 1 saturated heterocycles. The lowest BCUT2D eigenvalue weighted by molar-refractivity contribution is -0.723. The maximum absolute atomic E-state index is 10.6. The monoisotopic (exact) mass is 592 g/mol. The van der Waals surface area contributed by atoms with Gasteiger partial charge in [0, 0.05) is 38.0 Å².